The smallest absolute Gasteiger partial charge is 0.124 e. The fraction of sp³-hybridized carbons (Fsp3) is 0. The van der Waals surface area contributed by atoms with Crippen molar-refractivity contribution in [1.29, 1.82) is 0 Å². The second-order valence-corrected chi connectivity index (χ2v) is 5.96. The van der Waals surface area contributed by atoms with Gasteiger partial charge in [0, 0.05) is 16.3 Å². The first-order valence-corrected chi connectivity index (χ1v) is 5.62. The Hall–Kier alpha value is -0.370. The highest BCUT2D eigenvalue weighted by molar-refractivity contribution is 8.24. The largest absolute Gasteiger partial charge is 0.398 e. The molecule has 1 aliphatic rings. The summed E-state index contributed by atoms with van der Waals surface area (Å²) in [6.07, 6.45) is -2.22. The SMILES string of the molecule is Nc1cccc2c1P2(O)=S. The molecule has 0 aromatic heterocycles. The molecule has 2 rings (SSSR count). The first kappa shape index (κ1) is 6.35. The molecule has 0 bridgehead atoms. The third kappa shape index (κ3) is 0.601. The van der Waals surface area contributed by atoms with E-state index in [9.17, 15) is 4.89 Å². The molecule has 1 aliphatic heterocycles. The van der Waals surface area contributed by atoms with Crippen LogP contribution in [-0.4, -0.2) is 4.89 Å². The molecule has 0 spiro atoms. The standard InChI is InChI=1S/C6H6NOPS/c7-4-2-1-3-5-6(4)9(5,8)10/h1-3H,7H2,(H,8,10). The van der Waals surface area contributed by atoms with Crippen molar-refractivity contribution in [2.24, 2.45) is 0 Å². The topological polar surface area (TPSA) is 46.2 Å². The van der Waals surface area contributed by atoms with Gasteiger partial charge >= 0.3 is 0 Å². The van der Waals surface area contributed by atoms with E-state index in [4.69, 9.17) is 17.5 Å². The Balaban J connectivity index is 2.74. The van der Waals surface area contributed by atoms with Gasteiger partial charge in [-0.25, -0.2) is 0 Å². The van der Waals surface area contributed by atoms with E-state index in [2.05, 4.69) is 0 Å². The molecule has 3 N–H and O–H groups in total. The molecule has 1 aromatic carbocycles. The summed E-state index contributed by atoms with van der Waals surface area (Å²) in [6, 6.07) is 5.42. The number of nitrogens with two attached hydrogens (primary N) is 1. The fourth-order valence-electron chi connectivity index (χ4n) is 1.06. The molecule has 0 amide bonds. The van der Waals surface area contributed by atoms with Crippen molar-refractivity contribution in [3.63, 3.8) is 0 Å². The van der Waals surface area contributed by atoms with E-state index in [-0.39, 0.29) is 0 Å². The van der Waals surface area contributed by atoms with Crippen molar-refractivity contribution >= 4 is 34.4 Å². The third-order valence-electron chi connectivity index (χ3n) is 1.63. The zero-order valence-corrected chi connectivity index (χ0v) is 6.82. The lowest BCUT2D eigenvalue weighted by Gasteiger charge is -1.85. The lowest BCUT2D eigenvalue weighted by atomic mass is 10.3. The van der Waals surface area contributed by atoms with E-state index in [0.29, 0.717) is 5.69 Å². The van der Waals surface area contributed by atoms with Crippen LogP contribution < -0.4 is 16.3 Å². The lowest BCUT2D eigenvalue weighted by Crippen LogP contribution is -1.97. The lowest BCUT2D eigenvalue weighted by molar-refractivity contribution is 0.648. The van der Waals surface area contributed by atoms with Crippen molar-refractivity contribution in [1.82, 2.24) is 0 Å². The average molecular weight is 171 g/mol. The zero-order chi connectivity index (χ0) is 7.35. The Kier molecular flexibility index (Phi) is 1.03. The molecule has 1 unspecified atom stereocenters. The molecule has 0 fully saturated rings. The first-order valence-electron chi connectivity index (χ1n) is 2.86. The molecule has 4 heteroatoms. The van der Waals surface area contributed by atoms with E-state index < -0.39 is 6.26 Å². The number of anilines is 1. The minimum Gasteiger partial charge on any atom is -0.398 e. The van der Waals surface area contributed by atoms with Crippen LogP contribution in [0.25, 0.3) is 0 Å². The highest BCUT2D eigenvalue weighted by Crippen LogP contribution is 2.52. The molecule has 2 nitrogen and oxygen atoms in total. The molecule has 0 saturated carbocycles. The van der Waals surface area contributed by atoms with Gasteiger partial charge in [0.25, 0.3) is 0 Å². The van der Waals surface area contributed by atoms with Gasteiger partial charge in [-0.2, -0.15) is 0 Å². The van der Waals surface area contributed by atoms with Gasteiger partial charge < -0.3 is 10.6 Å². The second kappa shape index (κ2) is 1.62. The van der Waals surface area contributed by atoms with Crippen molar-refractivity contribution in [2.75, 3.05) is 5.73 Å². The van der Waals surface area contributed by atoms with Crippen molar-refractivity contribution in [2.45, 2.75) is 0 Å². The van der Waals surface area contributed by atoms with E-state index >= 15 is 0 Å². The molecular weight excluding hydrogens is 165 g/mol. The average Bonchev–Trinajstić information content (AvgIpc) is 2.38. The van der Waals surface area contributed by atoms with Gasteiger partial charge in [0.15, 0.2) is 0 Å². The Labute approximate surface area is 63.8 Å². The third-order valence-corrected chi connectivity index (χ3v) is 4.67. The van der Waals surface area contributed by atoms with Crippen molar-refractivity contribution < 1.29 is 4.89 Å². The van der Waals surface area contributed by atoms with Gasteiger partial charge in [0.2, 0.25) is 0 Å². The predicted molar refractivity (Wildman–Crippen MR) is 46.6 cm³/mol. The summed E-state index contributed by atoms with van der Waals surface area (Å²) in [4.78, 5) is 9.44. The van der Waals surface area contributed by atoms with Gasteiger partial charge in [-0.3, -0.25) is 0 Å². The number of hydrogen-bond donors (Lipinski definition) is 2. The quantitative estimate of drug-likeness (QED) is 0.424. The predicted octanol–water partition coefficient (Wildman–Crippen LogP) is -0.0802. The van der Waals surface area contributed by atoms with Gasteiger partial charge in [-0.15, -0.1) is 0 Å². The van der Waals surface area contributed by atoms with Crippen LogP contribution in [0.4, 0.5) is 5.69 Å². The van der Waals surface area contributed by atoms with Crippen LogP contribution in [0, 0.1) is 0 Å². The summed E-state index contributed by atoms with van der Waals surface area (Å²) >= 11 is 4.92. The van der Waals surface area contributed by atoms with Gasteiger partial charge in [0.05, 0.1) is 0 Å². The number of rotatable bonds is 0. The fourth-order valence-corrected chi connectivity index (χ4v) is 3.87. The van der Waals surface area contributed by atoms with E-state index in [1.54, 1.807) is 6.07 Å². The van der Waals surface area contributed by atoms with E-state index in [1.807, 2.05) is 12.1 Å². The molecule has 1 heterocycles. The highest BCUT2D eigenvalue weighted by atomic mass is 32.4. The first-order chi connectivity index (χ1) is 4.64. The van der Waals surface area contributed by atoms with E-state index in [1.165, 1.54) is 0 Å². The number of hydrogen-bond acceptors (Lipinski definition) is 2. The second-order valence-electron chi connectivity index (χ2n) is 2.29. The van der Waals surface area contributed by atoms with Crippen LogP contribution in [0.1, 0.15) is 0 Å². The molecule has 0 aliphatic carbocycles. The van der Waals surface area contributed by atoms with E-state index in [0.717, 1.165) is 10.6 Å². The highest BCUT2D eigenvalue weighted by Gasteiger charge is 2.40. The van der Waals surface area contributed by atoms with Gasteiger partial charge in [-0.05, 0) is 6.07 Å². The summed E-state index contributed by atoms with van der Waals surface area (Å²) < 4.78 is 0. The summed E-state index contributed by atoms with van der Waals surface area (Å²) in [5, 5.41) is 1.72. The maximum atomic E-state index is 9.44. The summed E-state index contributed by atoms with van der Waals surface area (Å²) in [5.41, 5.74) is 6.19. The van der Waals surface area contributed by atoms with Crippen LogP contribution in [-0.2, 0) is 11.8 Å². The Morgan fingerprint density at radius 3 is 2.70 bits per heavy atom. The molecule has 0 radical (unpaired) electrons. The van der Waals surface area contributed by atoms with Crippen molar-refractivity contribution in [3.05, 3.63) is 18.2 Å². The minimum atomic E-state index is -2.22. The van der Waals surface area contributed by atoms with Gasteiger partial charge in [0.1, 0.15) is 6.26 Å². The molecule has 0 saturated heterocycles. The van der Waals surface area contributed by atoms with Crippen LogP contribution >= 0.6 is 6.26 Å². The number of nitrogen functional groups attached to an aromatic ring is 1. The van der Waals surface area contributed by atoms with Crippen LogP contribution in [0.3, 0.4) is 0 Å². The summed E-state index contributed by atoms with van der Waals surface area (Å²) in [6.45, 7) is 0. The summed E-state index contributed by atoms with van der Waals surface area (Å²) in [5.74, 6) is 0. The Morgan fingerprint density at radius 2 is 2.20 bits per heavy atom. The normalized spacial score (nSPS) is 27.7. The molecule has 1 atom stereocenters. The van der Waals surface area contributed by atoms with Crippen LogP contribution in [0.15, 0.2) is 18.2 Å². The monoisotopic (exact) mass is 171 g/mol. The number of benzene rings is 1. The maximum absolute atomic E-state index is 9.44. The van der Waals surface area contributed by atoms with Crippen LogP contribution in [0.2, 0.25) is 0 Å². The minimum absolute atomic E-state index is 0.642. The zero-order valence-electron chi connectivity index (χ0n) is 5.11. The Morgan fingerprint density at radius 1 is 1.50 bits per heavy atom. The maximum Gasteiger partial charge on any atom is 0.124 e. The number of fused-ring (bicyclic) bond motifs is 1. The molecule has 52 valence electrons. The van der Waals surface area contributed by atoms with Gasteiger partial charge in [-0.1, -0.05) is 23.9 Å². The molecule has 1 aromatic rings. The van der Waals surface area contributed by atoms with Crippen LogP contribution in [0.5, 0.6) is 0 Å². The van der Waals surface area contributed by atoms with Crippen molar-refractivity contribution in [3.8, 4) is 0 Å². The summed E-state index contributed by atoms with van der Waals surface area (Å²) in [7, 11) is 0. The molecule has 10 heavy (non-hydrogen) atoms. The molecular formula is C6H6NOPS. The Bertz CT molecular complexity index is 350.